The van der Waals surface area contributed by atoms with Crippen LogP contribution in [-0.2, 0) is 4.74 Å². The molecule has 2 heteroatoms. The van der Waals surface area contributed by atoms with E-state index < -0.39 is 0 Å². The third-order valence-electron chi connectivity index (χ3n) is 4.25. The largest absolute Gasteiger partial charge is 0.393 e. The highest BCUT2D eigenvalue weighted by Gasteiger charge is 2.36. The number of hydrogen-bond acceptors (Lipinski definition) is 2. The van der Waals surface area contributed by atoms with Crippen LogP contribution in [-0.4, -0.2) is 23.9 Å². The van der Waals surface area contributed by atoms with Crippen molar-refractivity contribution in [1.82, 2.24) is 0 Å². The van der Waals surface area contributed by atoms with Crippen molar-refractivity contribution in [2.24, 2.45) is 5.41 Å². The summed E-state index contributed by atoms with van der Waals surface area (Å²) in [5, 5.41) is 9.81. The van der Waals surface area contributed by atoms with E-state index in [0.717, 1.165) is 37.9 Å². The van der Waals surface area contributed by atoms with E-state index in [-0.39, 0.29) is 17.6 Å². The van der Waals surface area contributed by atoms with Crippen LogP contribution >= 0.6 is 0 Å². The molecule has 2 rings (SSSR count). The van der Waals surface area contributed by atoms with Crippen molar-refractivity contribution in [3.05, 3.63) is 36.0 Å². The summed E-state index contributed by atoms with van der Waals surface area (Å²) in [7, 11) is 0. The van der Waals surface area contributed by atoms with Crippen LogP contribution in [0.4, 0.5) is 0 Å². The minimum Gasteiger partial charge on any atom is -0.393 e. The molecule has 2 aliphatic rings. The van der Waals surface area contributed by atoms with Gasteiger partial charge >= 0.3 is 0 Å². The monoisotopic (exact) mass is 262 g/mol. The Morgan fingerprint density at radius 1 is 1.42 bits per heavy atom. The molecule has 1 aliphatic heterocycles. The Morgan fingerprint density at radius 2 is 2.21 bits per heavy atom. The van der Waals surface area contributed by atoms with E-state index in [1.165, 1.54) is 12.0 Å². The third-order valence-corrected chi connectivity index (χ3v) is 4.25. The molecule has 1 heterocycles. The molecule has 0 spiro atoms. The molecule has 1 N–H and O–H groups in total. The van der Waals surface area contributed by atoms with Gasteiger partial charge in [-0.1, -0.05) is 38.7 Å². The molecule has 0 aromatic carbocycles. The van der Waals surface area contributed by atoms with Gasteiger partial charge < -0.3 is 9.84 Å². The summed E-state index contributed by atoms with van der Waals surface area (Å²) >= 11 is 0. The van der Waals surface area contributed by atoms with Gasteiger partial charge in [0.2, 0.25) is 0 Å². The Kier molecular flexibility index (Phi) is 4.64. The summed E-state index contributed by atoms with van der Waals surface area (Å²) < 4.78 is 6.04. The fraction of sp³-hybridized carbons (Fsp3) is 0.647. The zero-order chi connectivity index (χ0) is 13.9. The molecule has 0 bridgehead atoms. The smallest absolute Gasteiger partial charge is 0.0878 e. The van der Waals surface area contributed by atoms with Gasteiger partial charge in [-0.05, 0) is 48.7 Å². The van der Waals surface area contributed by atoms with Crippen molar-refractivity contribution in [3.8, 4) is 0 Å². The lowest BCUT2D eigenvalue weighted by atomic mass is 9.75. The van der Waals surface area contributed by atoms with Crippen LogP contribution < -0.4 is 0 Å². The van der Waals surface area contributed by atoms with Gasteiger partial charge in [-0.15, -0.1) is 0 Å². The molecule has 1 aliphatic carbocycles. The molecule has 0 saturated carbocycles. The second-order valence-corrected chi connectivity index (χ2v) is 6.42. The van der Waals surface area contributed by atoms with Crippen molar-refractivity contribution in [1.29, 1.82) is 0 Å². The van der Waals surface area contributed by atoms with Crippen LogP contribution in [0.1, 0.15) is 46.0 Å². The summed E-state index contributed by atoms with van der Waals surface area (Å²) in [5.74, 6) is 0. The van der Waals surface area contributed by atoms with Crippen molar-refractivity contribution < 1.29 is 9.84 Å². The second kappa shape index (κ2) is 6.06. The fourth-order valence-electron chi connectivity index (χ4n) is 3.00. The van der Waals surface area contributed by atoms with Gasteiger partial charge in [-0.3, -0.25) is 0 Å². The summed E-state index contributed by atoms with van der Waals surface area (Å²) in [5.41, 5.74) is 2.49. The maximum absolute atomic E-state index is 9.81. The van der Waals surface area contributed by atoms with Gasteiger partial charge in [-0.25, -0.2) is 0 Å². The Morgan fingerprint density at radius 3 is 2.95 bits per heavy atom. The van der Waals surface area contributed by atoms with Crippen molar-refractivity contribution in [2.75, 3.05) is 6.61 Å². The molecule has 0 radical (unpaired) electrons. The molecule has 0 unspecified atom stereocenters. The Labute approximate surface area is 116 Å². The average molecular weight is 262 g/mol. The molecule has 19 heavy (non-hydrogen) atoms. The van der Waals surface area contributed by atoms with Crippen molar-refractivity contribution >= 4 is 0 Å². The average Bonchev–Trinajstić information content (AvgIpc) is 2.43. The number of allylic oxidation sites excluding steroid dienone is 2. The number of aliphatic hydroxyl groups is 1. The minimum atomic E-state index is -0.249. The number of hydrogen-bond donors (Lipinski definition) is 1. The van der Waals surface area contributed by atoms with Crippen LogP contribution in [0.25, 0.3) is 0 Å². The predicted octanol–water partition coefficient (Wildman–Crippen LogP) is 3.78. The summed E-state index contributed by atoms with van der Waals surface area (Å²) in [4.78, 5) is 0. The molecule has 1 fully saturated rings. The molecule has 106 valence electrons. The summed E-state index contributed by atoms with van der Waals surface area (Å²) in [6.45, 7) is 9.61. The third kappa shape index (κ3) is 3.58. The summed E-state index contributed by atoms with van der Waals surface area (Å²) in [6.07, 6.45) is 10.8. The first-order valence-electron chi connectivity index (χ1n) is 7.35. The molecule has 1 saturated heterocycles. The van der Waals surface area contributed by atoms with E-state index in [1.54, 1.807) is 0 Å². The molecule has 0 amide bonds. The van der Waals surface area contributed by atoms with E-state index in [4.69, 9.17) is 4.74 Å². The van der Waals surface area contributed by atoms with Crippen LogP contribution in [0.2, 0.25) is 0 Å². The molecule has 2 atom stereocenters. The first-order valence-corrected chi connectivity index (χ1v) is 7.35. The van der Waals surface area contributed by atoms with Gasteiger partial charge in [0.1, 0.15) is 0 Å². The maximum Gasteiger partial charge on any atom is 0.0878 e. The zero-order valence-corrected chi connectivity index (χ0v) is 12.2. The van der Waals surface area contributed by atoms with Crippen LogP contribution in [0.15, 0.2) is 36.0 Å². The van der Waals surface area contributed by atoms with E-state index >= 15 is 0 Å². The van der Waals surface area contributed by atoms with E-state index in [2.05, 4.69) is 26.5 Å². The second-order valence-electron chi connectivity index (χ2n) is 6.42. The lowest BCUT2D eigenvalue weighted by Crippen LogP contribution is -2.38. The molecule has 0 aromatic rings. The van der Waals surface area contributed by atoms with E-state index in [9.17, 15) is 5.11 Å². The number of rotatable bonds is 1. The van der Waals surface area contributed by atoms with E-state index in [0.29, 0.717) is 0 Å². The molecule has 0 aromatic heterocycles. The maximum atomic E-state index is 9.81. The molecule has 2 nitrogen and oxygen atoms in total. The number of ether oxygens (including phenoxy) is 1. The highest BCUT2D eigenvalue weighted by Crippen LogP contribution is 2.40. The standard InChI is InChI=1S/C17H26O2/c1-13-9-10-14(18)7-4-5-8-15(13)16-17(2,3)11-6-12-19-16/h4-5,8,14,16,18H,1,6-7,9-12H2,2-3H3/b5-4-,15-8+/t14-,16-/m1/s1. The zero-order valence-electron chi connectivity index (χ0n) is 12.2. The minimum absolute atomic E-state index is 0.133. The van der Waals surface area contributed by atoms with Crippen LogP contribution in [0.5, 0.6) is 0 Å². The Balaban J connectivity index is 2.22. The Hall–Kier alpha value is -0.860. The lowest BCUT2D eigenvalue weighted by Gasteiger charge is -2.40. The van der Waals surface area contributed by atoms with Crippen LogP contribution in [0, 0.1) is 5.41 Å². The Bertz CT molecular complexity index is 390. The topological polar surface area (TPSA) is 29.5 Å². The predicted molar refractivity (Wildman–Crippen MR) is 79.0 cm³/mol. The van der Waals surface area contributed by atoms with Gasteiger partial charge in [0, 0.05) is 6.61 Å². The van der Waals surface area contributed by atoms with Gasteiger partial charge in [0.05, 0.1) is 12.2 Å². The summed E-state index contributed by atoms with van der Waals surface area (Å²) in [6, 6.07) is 0. The normalized spacial score (nSPS) is 36.6. The van der Waals surface area contributed by atoms with Crippen LogP contribution in [0.3, 0.4) is 0 Å². The molecular formula is C17H26O2. The van der Waals surface area contributed by atoms with Gasteiger partial charge in [0.25, 0.3) is 0 Å². The fourth-order valence-corrected chi connectivity index (χ4v) is 3.00. The van der Waals surface area contributed by atoms with Gasteiger partial charge in [0.15, 0.2) is 0 Å². The molecular weight excluding hydrogens is 236 g/mol. The quantitative estimate of drug-likeness (QED) is 0.779. The number of aliphatic hydroxyl groups excluding tert-OH is 1. The van der Waals surface area contributed by atoms with E-state index in [1.807, 2.05) is 12.2 Å². The van der Waals surface area contributed by atoms with Crippen molar-refractivity contribution in [3.63, 3.8) is 0 Å². The first kappa shape index (κ1) is 14.5. The highest BCUT2D eigenvalue weighted by atomic mass is 16.5. The lowest BCUT2D eigenvalue weighted by molar-refractivity contribution is -0.0439. The SMILES string of the molecule is C=C1CC[C@H](O)C/C=C\C=C/1[C@H]1OCCCC1(C)C. The van der Waals surface area contributed by atoms with Gasteiger partial charge in [-0.2, -0.15) is 0 Å². The highest BCUT2D eigenvalue weighted by molar-refractivity contribution is 5.37. The van der Waals surface area contributed by atoms with Crippen molar-refractivity contribution in [2.45, 2.75) is 58.2 Å². The first-order chi connectivity index (χ1) is 9.00.